The molecule has 1 N–H and O–H groups in total. The van der Waals surface area contributed by atoms with E-state index in [1.165, 1.54) is 0 Å². The number of rotatable bonds is 1. The summed E-state index contributed by atoms with van der Waals surface area (Å²) in [7, 11) is 1.56. The van der Waals surface area contributed by atoms with Gasteiger partial charge in [0.1, 0.15) is 17.4 Å². The van der Waals surface area contributed by atoms with E-state index in [1.807, 2.05) is 6.07 Å². The number of benzene rings is 1. The van der Waals surface area contributed by atoms with Crippen LogP contribution in [0.5, 0.6) is 5.75 Å². The van der Waals surface area contributed by atoms with E-state index in [0.29, 0.717) is 11.3 Å². The van der Waals surface area contributed by atoms with Crippen LogP contribution in [0.25, 0.3) is 10.9 Å². The Morgan fingerprint density at radius 3 is 2.87 bits per heavy atom. The molecule has 0 aliphatic rings. The van der Waals surface area contributed by atoms with Crippen LogP contribution in [0.4, 0.5) is 0 Å². The van der Waals surface area contributed by atoms with Gasteiger partial charge in [0.05, 0.1) is 12.6 Å². The number of hydrogen-bond donors (Lipinski definition) is 1. The van der Waals surface area contributed by atoms with E-state index < -0.39 is 0 Å². The lowest BCUT2D eigenvalue weighted by molar-refractivity contribution is 0.415. The summed E-state index contributed by atoms with van der Waals surface area (Å²) in [6, 6.07) is 8.70. The number of methoxy groups -OCH3 is 1. The van der Waals surface area contributed by atoms with Crippen molar-refractivity contribution >= 4 is 10.9 Å². The fourth-order valence-electron chi connectivity index (χ4n) is 1.39. The molecular formula is C11H8N2O2. The fourth-order valence-corrected chi connectivity index (χ4v) is 1.39. The van der Waals surface area contributed by atoms with Gasteiger partial charge in [-0.05, 0) is 23.6 Å². The van der Waals surface area contributed by atoms with Gasteiger partial charge in [-0.2, -0.15) is 5.26 Å². The summed E-state index contributed by atoms with van der Waals surface area (Å²) in [6.45, 7) is 0. The number of nitrogens with zero attached hydrogens (tertiary/aromatic N) is 1. The lowest BCUT2D eigenvalue weighted by Gasteiger charge is -2.02. The first kappa shape index (κ1) is 9.28. The Bertz CT molecular complexity index is 608. The maximum atomic E-state index is 11.3. The lowest BCUT2D eigenvalue weighted by atomic mass is 10.1. The SMILES string of the molecule is COc1ccc2cc(C#N)c(=O)[nH]c2c1. The van der Waals surface area contributed by atoms with Crippen molar-refractivity contribution in [1.29, 1.82) is 5.26 Å². The highest BCUT2D eigenvalue weighted by Gasteiger charge is 2.02. The van der Waals surface area contributed by atoms with Crippen LogP contribution in [-0.4, -0.2) is 12.1 Å². The maximum absolute atomic E-state index is 11.3. The molecule has 0 spiro atoms. The maximum Gasteiger partial charge on any atom is 0.266 e. The molecule has 0 radical (unpaired) electrons. The molecule has 4 heteroatoms. The number of fused-ring (bicyclic) bond motifs is 1. The smallest absolute Gasteiger partial charge is 0.266 e. The molecule has 74 valence electrons. The molecule has 1 aromatic carbocycles. The number of nitrogens with one attached hydrogen (secondary N) is 1. The van der Waals surface area contributed by atoms with Crippen molar-refractivity contribution in [2.75, 3.05) is 7.11 Å². The number of H-pyrrole nitrogens is 1. The van der Waals surface area contributed by atoms with Gasteiger partial charge in [-0.3, -0.25) is 4.79 Å². The summed E-state index contributed by atoms with van der Waals surface area (Å²) < 4.78 is 5.03. The number of pyridine rings is 1. The second kappa shape index (κ2) is 3.46. The van der Waals surface area contributed by atoms with Crippen LogP contribution in [0, 0.1) is 11.3 Å². The van der Waals surface area contributed by atoms with Gasteiger partial charge in [0.25, 0.3) is 5.56 Å². The second-order valence-electron chi connectivity index (χ2n) is 3.08. The third-order valence-corrected chi connectivity index (χ3v) is 2.17. The van der Waals surface area contributed by atoms with E-state index >= 15 is 0 Å². The minimum absolute atomic E-state index is 0.118. The van der Waals surface area contributed by atoms with E-state index in [0.717, 1.165) is 5.39 Å². The van der Waals surface area contributed by atoms with Crippen molar-refractivity contribution in [3.8, 4) is 11.8 Å². The van der Waals surface area contributed by atoms with Crippen LogP contribution in [0.1, 0.15) is 5.56 Å². The summed E-state index contributed by atoms with van der Waals surface area (Å²) in [5.41, 5.74) is 0.407. The molecule has 0 fully saturated rings. The Labute approximate surface area is 85.7 Å². The normalized spacial score (nSPS) is 9.87. The number of hydrogen-bond acceptors (Lipinski definition) is 3. The Morgan fingerprint density at radius 1 is 1.40 bits per heavy atom. The van der Waals surface area contributed by atoms with Crippen LogP contribution in [0.3, 0.4) is 0 Å². The predicted octanol–water partition coefficient (Wildman–Crippen LogP) is 1.41. The van der Waals surface area contributed by atoms with E-state index in [-0.39, 0.29) is 11.1 Å². The third-order valence-electron chi connectivity index (χ3n) is 2.17. The minimum atomic E-state index is -0.377. The zero-order valence-corrected chi connectivity index (χ0v) is 8.07. The highest BCUT2D eigenvalue weighted by molar-refractivity contribution is 5.80. The largest absolute Gasteiger partial charge is 0.497 e. The van der Waals surface area contributed by atoms with Crippen molar-refractivity contribution in [1.82, 2.24) is 4.98 Å². The van der Waals surface area contributed by atoms with E-state index in [9.17, 15) is 4.79 Å². The molecule has 0 amide bonds. The van der Waals surface area contributed by atoms with Crippen LogP contribution in [0.15, 0.2) is 29.1 Å². The number of aromatic nitrogens is 1. The zero-order chi connectivity index (χ0) is 10.8. The fraction of sp³-hybridized carbons (Fsp3) is 0.0909. The van der Waals surface area contributed by atoms with Gasteiger partial charge in [-0.15, -0.1) is 0 Å². The number of ether oxygens (including phenoxy) is 1. The van der Waals surface area contributed by atoms with E-state index in [1.54, 1.807) is 31.4 Å². The second-order valence-corrected chi connectivity index (χ2v) is 3.08. The number of aromatic amines is 1. The summed E-state index contributed by atoms with van der Waals surface area (Å²) in [6.07, 6.45) is 0. The Morgan fingerprint density at radius 2 is 2.20 bits per heavy atom. The molecule has 2 rings (SSSR count). The highest BCUT2D eigenvalue weighted by Crippen LogP contribution is 2.17. The van der Waals surface area contributed by atoms with Crippen LogP contribution in [0.2, 0.25) is 0 Å². The van der Waals surface area contributed by atoms with Crippen LogP contribution >= 0.6 is 0 Å². The first-order valence-electron chi connectivity index (χ1n) is 4.36. The Kier molecular flexibility index (Phi) is 2.14. The van der Waals surface area contributed by atoms with Gasteiger partial charge >= 0.3 is 0 Å². The quantitative estimate of drug-likeness (QED) is 0.756. The topological polar surface area (TPSA) is 65.9 Å². The van der Waals surface area contributed by atoms with Crippen LogP contribution in [-0.2, 0) is 0 Å². The van der Waals surface area contributed by atoms with Gasteiger partial charge in [0, 0.05) is 6.07 Å². The van der Waals surface area contributed by atoms with Gasteiger partial charge in [0.15, 0.2) is 0 Å². The molecule has 0 unspecified atom stereocenters. The van der Waals surface area contributed by atoms with Crippen molar-refractivity contribution in [3.63, 3.8) is 0 Å². The minimum Gasteiger partial charge on any atom is -0.497 e. The van der Waals surface area contributed by atoms with E-state index in [2.05, 4.69) is 4.98 Å². The lowest BCUT2D eigenvalue weighted by Crippen LogP contribution is -2.09. The Hall–Kier alpha value is -2.28. The molecule has 0 aliphatic heterocycles. The molecule has 0 aliphatic carbocycles. The molecule has 4 nitrogen and oxygen atoms in total. The molecular weight excluding hydrogens is 192 g/mol. The average molecular weight is 200 g/mol. The summed E-state index contributed by atoms with van der Waals surface area (Å²) >= 11 is 0. The van der Waals surface area contributed by atoms with Crippen molar-refractivity contribution in [2.24, 2.45) is 0 Å². The third kappa shape index (κ3) is 1.55. The molecule has 2 aromatic rings. The Balaban J connectivity index is 2.77. The van der Waals surface area contributed by atoms with Crippen molar-refractivity contribution < 1.29 is 4.74 Å². The monoisotopic (exact) mass is 200 g/mol. The summed E-state index contributed by atoms with van der Waals surface area (Å²) in [4.78, 5) is 14.0. The van der Waals surface area contributed by atoms with E-state index in [4.69, 9.17) is 10.00 Å². The first-order valence-corrected chi connectivity index (χ1v) is 4.36. The molecule has 15 heavy (non-hydrogen) atoms. The number of nitriles is 1. The standard InChI is InChI=1S/C11H8N2O2/c1-15-9-3-2-7-4-8(6-12)11(14)13-10(7)5-9/h2-5H,1H3,(H,13,14). The van der Waals surface area contributed by atoms with Crippen molar-refractivity contribution in [3.05, 3.63) is 40.2 Å². The summed E-state index contributed by atoms with van der Waals surface area (Å²) in [5.74, 6) is 0.669. The molecule has 0 bridgehead atoms. The molecule has 0 atom stereocenters. The van der Waals surface area contributed by atoms with Gasteiger partial charge < -0.3 is 9.72 Å². The van der Waals surface area contributed by atoms with Crippen LogP contribution < -0.4 is 10.3 Å². The van der Waals surface area contributed by atoms with Gasteiger partial charge in [-0.25, -0.2) is 0 Å². The zero-order valence-electron chi connectivity index (χ0n) is 8.07. The average Bonchev–Trinajstić information content (AvgIpc) is 2.27. The summed E-state index contributed by atoms with van der Waals surface area (Å²) in [5, 5.41) is 9.50. The molecule has 0 saturated carbocycles. The molecule has 1 heterocycles. The highest BCUT2D eigenvalue weighted by atomic mass is 16.5. The first-order chi connectivity index (χ1) is 7.24. The van der Waals surface area contributed by atoms with Gasteiger partial charge in [0.2, 0.25) is 0 Å². The molecule has 0 saturated heterocycles. The van der Waals surface area contributed by atoms with Crippen molar-refractivity contribution in [2.45, 2.75) is 0 Å². The van der Waals surface area contributed by atoms with Gasteiger partial charge in [-0.1, -0.05) is 0 Å². The predicted molar refractivity (Wildman–Crippen MR) is 55.8 cm³/mol. The molecule has 1 aromatic heterocycles.